The molecule has 3 aromatic rings. The van der Waals surface area contributed by atoms with Gasteiger partial charge in [0, 0.05) is 34.4 Å². The van der Waals surface area contributed by atoms with E-state index >= 15 is 0 Å². The number of hydrogen-bond donors (Lipinski definition) is 0. The molecule has 0 unspecified atom stereocenters. The summed E-state index contributed by atoms with van der Waals surface area (Å²) in [6.07, 6.45) is 5.64. The van der Waals surface area contributed by atoms with Crippen LogP contribution in [-0.2, 0) is 19.2 Å². The summed E-state index contributed by atoms with van der Waals surface area (Å²) in [5, 5.41) is 0. The van der Waals surface area contributed by atoms with Gasteiger partial charge in [-0.1, -0.05) is 49.6 Å². The van der Waals surface area contributed by atoms with Gasteiger partial charge in [-0.05, 0) is 75.2 Å². The van der Waals surface area contributed by atoms with E-state index in [9.17, 15) is 19.2 Å². The van der Waals surface area contributed by atoms with Crippen molar-refractivity contribution < 1.29 is 38.1 Å². The van der Waals surface area contributed by atoms with Crippen LogP contribution in [0.3, 0.4) is 0 Å². The number of rotatable bonds is 10. The lowest BCUT2D eigenvalue weighted by Gasteiger charge is -2.17. The fourth-order valence-electron chi connectivity index (χ4n) is 3.53. The van der Waals surface area contributed by atoms with Gasteiger partial charge in [0.05, 0.1) is 0 Å². The van der Waals surface area contributed by atoms with Crippen LogP contribution in [0, 0.1) is 0 Å². The Morgan fingerprint density at radius 1 is 0.571 bits per heavy atom. The van der Waals surface area contributed by atoms with Crippen LogP contribution in [0.25, 0.3) is 22.3 Å². The van der Waals surface area contributed by atoms with Crippen molar-refractivity contribution in [2.24, 2.45) is 0 Å². The summed E-state index contributed by atoms with van der Waals surface area (Å²) in [5.74, 6) is -1.40. The maximum Gasteiger partial charge on any atom is 0.338 e. The normalized spacial score (nSPS) is 10.8. The molecule has 8 heteroatoms. The van der Waals surface area contributed by atoms with Crippen molar-refractivity contribution in [2.75, 3.05) is 0 Å². The molecule has 3 aromatic carbocycles. The maximum atomic E-state index is 12.5. The van der Waals surface area contributed by atoms with Gasteiger partial charge in [0.2, 0.25) is 0 Å². The summed E-state index contributed by atoms with van der Waals surface area (Å²) in [6, 6.07) is 16.2. The second-order valence-electron chi connectivity index (χ2n) is 9.08. The van der Waals surface area contributed by atoms with E-state index in [0.29, 0.717) is 33.8 Å². The molecule has 3 rings (SSSR count). The van der Waals surface area contributed by atoms with Gasteiger partial charge in [0.1, 0.15) is 23.0 Å². The van der Waals surface area contributed by atoms with Crippen LogP contribution in [-0.4, -0.2) is 23.9 Å². The Balaban J connectivity index is 2.15. The zero-order valence-electron chi connectivity index (χ0n) is 23.8. The third kappa shape index (κ3) is 8.25. The quantitative estimate of drug-likeness (QED) is 0.148. The molecule has 0 N–H and O–H groups in total. The zero-order valence-corrected chi connectivity index (χ0v) is 23.8. The molecule has 0 heterocycles. The topological polar surface area (TPSA) is 105 Å². The van der Waals surface area contributed by atoms with E-state index in [2.05, 4.69) is 13.2 Å². The first-order valence-electron chi connectivity index (χ1n) is 12.9. The average molecular weight is 567 g/mol. The van der Waals surface area contributed by atoms with Crippen molar-refractivity contribution in [3.63, 3.8) is 0 Å². The number of allylic oxidation sites excluding steroid dienone is 2. The van der Waals surface area contributed by atoms with Gasteiger partial charge in [-0.2, -0.15) is 0 Å². The SMILES string of the molecule is C=C(C)C(=O)Oc1ccc(-c2cc(OC(=O)/C=C/C)c(-c3ccc(OC(=O)C(=C)C)cc3)cc2OC(=O)/C=C/C)cc1. The van der Waals surface area contributed by atoms with Crippen LogP contribution < -0.4 is 18.9 Å². The van der Waals surface area contributed by atoms with Gasteiger partial charge in [0.25, 0.3) is 0 Å². The second-order valence-corrected chi connectivity index (χ2v) is 9.08. The second kappa shape index (κ2) is 14.2. The molecule has 42 heavy (non-hydrogen) atoms. The Bertz CT molecular complexity index is 1470. The molecule has 0 aliphatic heterocycles. The fraction of sp³-hybridized carbons (Fsp3) is 0.118. The summed E-state index contributed by atoms with van der Waals surface area (Å²) >= 11 is 0. The number of benzene rings is 3. The lowest BCUT2D eigenvalue weighted by molar-refractivity contribution is -0.130. The highest BCUT2D eigenvalue weighted by atomic mass is 16.5. The van der Waals surface area contributed by atoms with Gasteiger partial charge < -0.3 is 18.9 Å². The Morgan fingerprint density at radius 3 is 1.19 bits per heavy atom. The molecule has 0 aliphatic carbocycles. The van der Waals surface area contributed by atoms with Crippen LogP contribution in [0.4, 0.5) is 0 Å². The number of carbonyl (C=O) groups excluding carboxylic acids is 4. The lowest BCUT2D eigenvalue weighted by atomic mass is 9.97. The van der Waals surface area contributed by atoms with E-state index in [1.807, 2.05) is 0 Å². The highest BCUT2D eigenvalue weighted by Crippen LogP contribution is 2.42. The minimum Gasteiger partial charge on any atom is -0.423 e. The van der Waals surface area contributed by atoms with E-state index < -0.39 is 23.9 Å². The van der Waals surface area contributed by atoms with Crippen molar-refractivity contribution in [2.45, 2.75) is 27.7 Å². The number of carbonyl (C=O) groups is 4. The number of hydrogen-bond acceptors (Lipinski definition) is 8. The molecule has 0 aromatic heterocycles. The molecule has 0 spiro atoms. The van der Waals surface area contributed by atoms with Crippen LogP contribution in [0.5, 0.6) is 23.0 Å². The van der Waals surface area contributed by atoms with E-state index in [0.717, 1.165) is 0 Å². The van der Waals surface area contributed by atoms with Gasteiger partial charge in [-0.25, -0.2) is 19.2 Å². The van der Waals surface area contributed by atoms with Crippen LogP contribution >= 0.6 is 0 Å². The molecular weight excluding hydrogens is 536 g/mol. The van der Waals surface area contributed by atoms with Crippen molar-refractivity contribution in [3.8, 4) is 45.3 Å². The molecule has 8 nitrogen and oxygen atoms in total. The molecule has 0 amide bonds. The maximum absolute atomic E-state index is 12.5. The first kappa shape index (κ1) is 31.0. The number of ether oxygens (including phenoxy) is 4. The third-order valence-electron chi connectivity index (χ3n) is 5.56. The van der Waals surface area contributed by atoms with Crippen LogP contribution in [0.1, 0.15) is 27.7 Å². The standard InChI is InChI=1S/C34H30O8/c1-7-9-31(35)41-29-19-28(24-13-17-26(18-14-24)40-34(38)22(5)6)30(42-32(36)10-8-2)20-27(29)23-11-15-25(16-12-23)39-33(37)21(3)4/h7-20H,3,5H2,1-2,4,6H3/b9-7+,10-8+. The fourth-order valence-corrected chi connectivity index (χ4v) is 3.53. The molecular formula is C34H30O8. The lowest BCUT2D eigenvalue weighted by Crippen LogP contribution is -2.09. The average Bonchev–Trinajstić information content (AvgIpc) is 2.94. The van der Waals surface area contributed by atoms with E-state index in [-0.39, 0.29) is 22.6 Å². The number of esters is 4. The van der Waals surface area contributed by atoms with Gasteiger partial charge in [-0.15, -0.1) is 0 Å². The zero-order chi connectivity index (χ0) is 30.8. The predicted molar refractivity (Wildman–Crippen MR) is 159 cm³/mol. The molecule has 0 fully saturated rings. The minimum absolute atomic E-state index is 0.184. The summed E-state index contributed by atoms with van der Waals surface area (Å²) in [7, 11) is 0. The molecule has 0 aliphatic rings. The van der Waals surface area contributed by atoms with Gasteiger partial charge >= 0.3 is 23.9 Å². The molecule has 0 radical (unpaired) electrons. The van der Waals surface area contributed by atoms with Crippen molar-refractivity contribution in [3.05, 3.63) is 109 Å². The summed E-state index contributed by atoms with van der Waals surface area (Å²) in [5.41, 5.74) is 2.55. The highest BCUT2D eigenvalue weighted by molar-refractivity contribution is 5.92. The van der Waals surface area contributed by atoms with E-state index in [1.54, 1.807) is 101 Å². The van der Waals surface area contributed by atoms with Crippen molar-refractivity contribution >= 4 is 23.9 Å². The summed E-state index contributed by atoms with van der Waals surface area (Å²) in [4.78, 5) is 48.8. The molecule has 0 atom stereocenters. The summed E-state index contributed by atoms with van der Waals surface area (Å²) < 4.78 is 21.9. The Labute approximate surface area is 244 Å². The highest BCUT2D eigenvalue weighted by Gasteiger charge is 2.19. The Kier molecular flexibility index (Phi) is 10.5. The van der Waals surface area contributed by atoms with E-state index in [4.69, 9.17) is 18.9 Å². The minimum atomic E-state index is -0.613. The Morgan fingerprint density at radius 2 is 0.905 bits per heavy atom. The molecule has 0 saturated heterocycles. The first-order chi connectivity index (χ1) is 20.0. The van der Waals surface area contributed by atoms with Crippen molar-refractivity contribution in [1.82, 2.24) is 0 Å². The van der Waals surface area contributed by atoms with E-state index in [1.165, 1.54) is 12.2 Å². The van der Waals surface area contributed by atoms with Gasteiger partial charge in [-0.3, -0.25) is 0 Å². The Hall–Kier alpha value is -5.50. The van der Waals surface area contributed by atoms with Crippen LogP contribution in [0.2, 0.25) is 0 Å². The molecule has 214 valence electrons. The molecule has 0 bridgehead atoms. The predicted octanol–water partition coefficient (Wildman–Crippen LogP) is 6.95. The third-order valence-corrected chi connectivity index (χ3v) is 5.56. The molecule has 0 saturated carbocycles. The summed E-state index contributed by atoms with van der Waals surface area (Å²) in [6.45, 7) is 13.6. The van der Waals surface area contributed by atoms with Crippen LogP contribution in [0.15, 0.2) is 109 Å². The van der Waals surface area contributed by atoms with Gasteiger partial charge in [0.15, 0.2) is 0 Å². The first-order valence-corrected chi connectivity index (χ1v) is 12.9. The largest absolute Gasteiger partial charge is 0.423 e. The monoisotopic (exact) mass is 566 g/mol. The smallest absolute Gasteiger partial charge is 0.338 e. The van der Waals surface area contributed by atoms with Crippen molar-refractivity contribution in [1.29, 1.82) is 0 Å².